The molecule has 0 atom stereocenters. The molecule has 2 aromatic rings. The molecule has 0 amide bonds. The molecule has 0 radical (unpaired) electrons. The first kappa shape index (κ1) is 15.8. The Balaban J connectivity index is 1.94. The van der Waals surface area contributed by atoms with Crippen LogP contribution in [0.2, 0.25) is 10.0 Å². The van der Waals surface area contributed by atoms with Gasteiger partial charge in [0.05, 0.1) is 0 Å². The molecule has 20 heavy (non-hydrogen) atoms. The molecule has 6 heteroatoms. The van der Waals surface area contributed by atoms with Gasteiger partial charge in [0.25, 0.3) is 0 Å². The number of rotatable bonds is 5. The second-order valence-electron chi connectivity index (χ2n) is 3.76. The number of hydrogen-bond acceptors (Lipinski definition) is 2. The normalized spacial score (nSPS) is 10.3. The summed E-state index contributed by atoms with van der Waals surface area (Å²) in [4.78, 5) is 23.9. The van der Waals surface area contributed by atoms with Gasteiger partial charge in [0, 0.05) is 0 Å². The average molecular weight is 437 g/mol. The Hall–Kier alpha value is -0.601. The van der Waals surface area contributed by atoms with E-state index in [9.17, 15) is 9.59 Å². The van der Waals surface area contributed by atoms with E-state index >= 15 is 0 Å². The summed E-state index contributed by atoms with van der Waals surface area (Å²) in [5.74, 6) is 0. The molecule has 0 saturated heterocycles. The van der Waals surface area contributed by atoms with Crippen molar-refractivity contribution in [3.63, 3.8) is 0 Å². The topological polar surface area (TPSA) is 34.1 Å². The number of carbonyl (C=O) groups is 2. The van der Waals surface area contributed by atoms with Crippen LogP contribution >= 0.6 is 23.2 Å². The summed E-state index contributed by atoms with van der Waals surface area (Å²) < 4.78 is 0.0490. The van der Waals surface area contributed by atoms with Crippen molar-refractivity contribution in [1.82, 2.24) is 0 Å². The Labute approximate surface area is 137 Å². The van der Waals surface area contributed by atoms with Crippen molar-refractivity contribution in [2.45, 2.75) is 0 Å². The molecule has 0 aliphatic carbocycles. The molecule has 0 aromatic heterocycles. The second kappa shape index (κ2) is 7.42. The Morgan fingerprint density at radius 1 is 0.650 bits per heavy atom. The van der Waals surface area contributed by atoms with Crippen molar-refractivity contribution >= 4 is 58.8 Å². The first-order valence-electron chi connectivity index (χ1n) is 5.50. The summed E-state index contributed by atoms with van der Waals surface area (Å²) in [5.41, 5.74) is 1.22. The molecule has 0 heterocycles. The van der Waals surface area contributed by atoms with Gasteiger partial charge in [0.15, 0.2) is 0 Å². The van der Waals surface area contributed by atoms with E-state index in [4.69, 9.17) is 23.2 Å². The third kappa shape index (κ3) is 4.46. The van der Waals surface area contributed by atoms with Crippen LogP contribution in [0, 0.1) is 0 Å². The first-order chi connectivity index (χ1) is 9.56. The zero-order chi connectivity index (χ0) is 14.5. The minimum absolute atomic E-state index is 0.0245. The van der Waals surface area contributed by atoms with Crippen LogP contribution in [0.3, 0.4) is 0 Å². The van der Waals surface area contributed by atoms with Crippen LogP contribution < -0.4 is 0 Å². The zero-order valence-electron chi connectivity index (χ0n) is 10.0. The number of benzene rings is 2. The molecule has 0 aliphatic heterocycles. The van der Waals surface area contributed by atoms with Gasteiger partial charge in [-0.3, -0.25) is 0 Å². The SMILES string of the molecule is O=C([Se][Se]C(=O)c1ccc(Cl)cc1)c1ccc(Cl)cc1. The van der Waals surface area contributed by atoms with Crippen LogP contribution in [0.15, 0.2) is 48.5 Å². The molecule has 2 nitrogen and oxygen atoms in total. The first-order valence-corrected chi connectivity index (χ1v) is 12.3. The van der Waals surface area contributed by atoms with Crippen molar-refractivity contribution in [3.8, 4) is 0 Å². The van der Waals surface area contributed by atoms with Crippen molar-refractivity contribution in [2.24, 2.45) is 0 Å². The Bertz CT molecular complexity index is 567. The van der Waals surface area contributed by atoms with E-state index in [0.29, 0.717) is 21.2 Å². The van der Waals surface area contributed by atoms with Gasteiger partial charge in [-0.1, -0.05) is 0 Å². The van der Waals surface area contributed by atoms with Crippen molar-refractivity contribution in [2.75, 3.05) is 0 Å². The molecular weight excluding hydrogens is 429 g/mol. The third-order valence-electron chi connectivity index (χ3n) is 2.35. The maximum atomic E-state index is 12.0. The van der Waals surface area contributed by atoms with Crippen LogP contribution in [0.1, 0.15) is 20.7 Å². The minimum atomic E-state index is -0.350. The summed E-state index contributed by atoms with van der Waals surface area (Å²) in [6, 6.07) is 13.5. The van der Waals surface area contributed by atoms with Crippen LogP contribution in [0.5, 0.6) is 0 Å². The van der Waals surface area contributed by atoms with Gasteiger partial charge >= 0.3 is 138 Å². The molecule has 0 spiro atoms. The van der Waals surface area contributed by atoms with Gasteiger partial charge in [-0.2, -0.15) is 0 Å². The van der Waals surface area contributed by atoms with E-state index in [1.165, 1.54) is 0 Å². The standard InChI is InChI=1S/C14H8Cl2O2Se2/c15-11-5-1-9(2-6-11)13(17)19-20-14(18)10-3-7-12(16)8-4-10/h1-8H. The molecular formula is C14H8Cl2O2Se2. The van der Waals surface area contributed by atoms with Crippen LogP contribution in [-0.4, -0.2) is 35.6 Å². The van der Waals surface area contributed by atoms with Crippen LogP contribution in [-0.2, 0) is 0 Å². The summed E-state index contributed by atoms with van der Waals surface area (Å²) in [6.07, 6.45) is 0. The summed E-state index contributed by atoms with van der Waals surface area (Å²) in [5, 5.41) is 1.19. The Kier molecular flexibility index (Phi) is 5.85. The summed E-state index contributed by atoms with van der Waals surface area (Å²) in [7, 11) is 0. The van der Waals surface area contributed by atoms with Gasteiger partial charge in [-0.15, -0.1) is 0 Å². The molecule has 0 fully saturated rings. The average Bonchev–Trinajstić information content (AvgIpc) is 2.46. The van der Waals surface area contributed by atoms with E-state index in [0.717, 1.165) is 0 Å². The predicted molar refractivity (Wildman–Crippen MR) is 83.1 cm³/mol. The van der Waals surface area contributed by atoms with E-state index in [1.54, 1.807) is 48.5 Å². The molecule has 102 valence electrons. The number of carbonyl (C=O) groups excluding carboxylic acids is 2. The molecule has 0 unspecified atom stereocenters. The second-order valence-corrected chi connectivity index (χ2v) is 10.5. The van der Waals surface area contributed by atoms with Crippen molar-refractivity contribution in [1.29, 1.82) is 0 Å². The monoisotopic (exact) mass is 438 g/mol. The van der Waals surface area contributed by atoms with Crippen LogP contribution in [0.25, 0.3) is 0 Å². The van der Waals surface area contributed by atoms with Crippen molar-refractivity contribution < 1.29 is 9.59 Å². The fraction of sp³-hybridized carbons (Fsp3) is 0. The van der Waals surface area contributed by atoms with Gasteiger partial charge in [0.1, 0.15) is 0 Å². The van der Waals surface area contributed by atoms with Crippen molar-refractivity contribution in [3.05, 3.63) is 69.7 Å². The fourth-order valence-corrected chi connectivity index (χ4v) is 6.64. The predicted octanol–water partition coefficient (Wildman–Crippen LogP) is 3.30. The van der Waals surface area contributed by atoms with E-state index < -0.39 is 0 Å². The van der Waals surface area contributed by atoms with Gasteiger partial charge in [0.2, 0.25) is 0 Å². The van der Waals surface area contributed by atoms with E-state index in [-0.39, 0.29) is 35.6 Å². The molecule has 2 aromatic carbocycles. The summed E-state index contributed by atoms with van der Waals surface area (Å²) in [6.45, 7) is 0. The van der Waals surface area contributed by atoms with E-state index in [1.807, 2.05) is 0 Å². The molecule has 0 aliphatic rings. The maximum absolute atomic E-state index is 12.0. The van der Waals surface area contributed by atoms with Crippen LogP contribution in [0.4, 0.5) is 0 Å². The van der Waals surface area contributed by atoms with Gasteiger partial charge in [-0.05, 0) is 0 Å². The molecule has 0 bridgehead atoms. The number of halogens is 2. The molecule has 0 N–H and O–H groups in total. The summed E-state index contributed by atoms with van der Waals surface area (Å²) >= 11 is 10.8. The third-order valence-corrected chi connectivity index (χ3v) is 8.86. The number of hydrogen-bond donors (Lipinski definition) is 0. The zero-order valence-corrected chi connectivity index (χ0v) is 14.9. The molecule has 2 rings (SSSR count). The van der Waals surface area contributed by atoms with Gasteiger partial charge < -0.3 is 0 Å². The quantitative estimate of drug-likeness (QED) is 0.674. The Morgan fingerprint density at radius 2 is 0.950 bits per heavy atom. The Morgan fingerprint density at radius 3 is 1.25 bits per heavy atom. The van der Waals surface area contributed by atoms with E-state index in [2.05, 4.69) is 0 Å². The van der Waals surface area contributed by atoms with Gasteiger partial charge in [-0.25, -0.2) is 0 Å². The molecule has 0 saturated carbocycles. The fourth-order valence-electron chi connectivity index (χ4n) is 1.34.